The average Bonchev–Trinajstić information content (AvgIpc) is 2.71. The van der Waals surface area contributed by atoms with Crippen LogP contribution in [0.25, 0.3) is 0 Å². The zero-order chi connectivity index (χ0) is 32.5. The second-order valence-corrected chi connectivity index (χ2v) is 8.22. The first-order valence-electron chi connectivity index (χ1n) is 8.74. The number of hydrogen-bond donors (Lipinski definition) is 3. The van der Waals surface area contributed by atoms with Crippen LogP contribution in [0.2, 0.25) is 0 Å². The molecule has 0 aromatic heterocycles. The summed E-state index contributed by atoms with van der Waals surface area (Å²) in [6.45, 7) is 1.78. The molecule has 0 aromatic rings. The molecule has 0 atom stereocenters. The van der Waals surface area contributed by atoms with Gasteiger partial charge in [0, 0.05) is 0 Å². The van der Waals surface area contributed by atoms with Crippen LogP contribution in [0.3, 0.4) is 0 Å². The van der Waals surface area contributed by atoms with Gasteiger partial charge in [-0.15, -0.1) is 0 Å². The molecule has 6 nitrogen and oxygen atoms in total. The van der Waals surface area contributed by atoms with E-state index in [1.54, 1.807) is 0 Å². The summed E-state index contributed by atoms with van der Waals surface area (Å²) in [6.07, 6.45) is -8.00. The van der Waals surface area contributed by atoms with Gasteiger partial charge in [0.2, 0.25) is 0 Å². The molecular weight excluding hydrogens is 643 g/mol. The number of alkyl halides is 19. The van der Waals surface area contributed by atoms with E-state index in [0.29, 0.717) is 13.1 Å². The molecule has 0 aliphatic rings. The molecular formula is C13H12F19NO5S. The number of hydrogen-bond acceptors (Lipinski definition) is 5. The molecule has 0 spiro atoms. The summed E-state index contributed by atoms with van der Waals surface area (Å²) in [4.78, 5) is 0. The Morgan fingerprint density at radius 2 is 0.718 bits per heavy atom. The molecule has 0 saturated heterocycles. The van der Waals surface area contributed by atoms with Gasteiger partial charge in [-0.2, -0.15) is 83.4 Å². The highest BCUT2D eigenvalue weighted by atomic mass is 32.2. The molecule has 0 aromatic carbocycles. The van der Waals surface area contributed by atoms with Gasteiger partial charge in [0.1, 0.15) is 0 Å². The van der Waals surface area contributed by atoms with Gasteiger partial charge in [0.15, 0.2) is 10.1 Å². The first-order chi connectivity index (χ1) is 16.7. The van der Waals surface area contributed by atoms with Gasteiger partial charge in [0.05, 0.1) is 26.3 Å². The van der Waals surface area contributed by atoms with Crippen LogP contribution < -0.4 is 5.32 Å². The lowest BCUT2D eigenvalue weighted by Gasteiger charge is -2.43. The number of aliphatic hydroxyl groups is 2. The molecule has 0 fully saturated rings. The van der Waals surface area contributed by atoms with E-state index in [1.165, 1.54) is 0 Å². The van der Waals surface area contributed by atoms with Gasteiger partial charge in [-0.3, -0.25) is 0 Å². The second-order valence-electron chi connectivity index (χ2n) is 6.80. The topological polar surface area (TPSA) is 114 Å². The van der Waals surface area contributed by atoms with Crippen molar-refractivity contribution in [2.75, 3.05) is 26.3 Å². The summed E-state index contributed by atoms with van der Waals surface area (Å²) in [6, 6.07) is 0. The molecule has 0 aliphatic heterocycles. The second kappa shape index (κ2) is 11.4. The van der Waals surface area contributed by atoms with Crippen molar-refractivity contribution in [3.05, 3.63) is 0 Å². The quantitative estimate of drug-likeness (QED) is 0.170. The van der Waals surface area contributed by atoms with E-state index in [-0.39, 0.29) is 13.2 Å². The van der Waals surface area contributed by atoms with E-state index in [2.05, 4.69) is 0 Å². The maximum absolute atomic E-state index is 13.2. The molecule has 39 heavy (non-hydrogen) atoms. The Hall–Kier alpha value is -1.54. The highest BCUT2D eigenvalue weighted by molar-refractivity contribution is 7.86. The fourth-order valence-electron chi connectivity index (χ4n) is 1.83. The van der Waals surface area contributed by atoms with Crippen LogP contribution >= 0.6 is 0 Å². The van der Waals surface area contributed by atoms with Crippen LogP contribution in [-0.4, -0.2) is 102 Å². The fourth-order valence-corrected chi connectivity index (χ4v) is 2.27. The maximum atomic E-state index is 13.2. The Kier molecular flexibility index (Phi) is 11.6. The van der Waals surface area contributed by atoms with Gasteiger partial charge in [-0.05, 0) is 0 Å². The van der Waals surface area contributed by atoms with Crippen molar-refractivity contribution in [2.24, 2.45) is 0 Å². The average molecular weight is 655 g/mol. The normalized spacial score (nSPS) is 15.6. The number of aliphatic hydroxyl groups excluding tert-OH is 2. The number of nitrogens with two attached hydrogens (primary N) is 1. The van der Waals surface area contributed by atoms with E-state index >= 15 is 0 Å². The lowest BCUT2D eigenvalue weighted by Crippen LogP contribution is -2.85. The lowest BCUT2D eigenvalue weighted by molar-refractivity contribution is -0.657. The van der Waals surface area contributed by atoms with Crippen LogP contribution in [0, 0.1) is 0 Å². The van der Waals surface area contributed by atoms with Crippen molar-refractivity contribution >= 4 is 10.1 Å². The molecule has 238 valence electrons. The van der Waals surface area contributed by atoms with Gasteiger partial charge in [-0.25, -0.2) is 8.42 Å². The van der Waals surface area contributed by atoms with Crippen LogP contribution in [0.15, 0.2) is 0 Å². The van der Waals surface area contributed by atoms with Crippen molar-refractivity contribution in [2.45, 2.75) is 52.9 Å². The molecule has 0 unspecified atom stereocenters. The smallest absolute Gasteiger partial charge is 0.460 e. The third-order valence-electron chi connectivity index (χ3n) is 4.07. The van der Waals surface area contributed by atoms with Gasteiger partial charge in [-0.1, -0.05) is 0 Å². The predicted octanol–water partition coefficient (Wildman–Crippen LogP) is 2.67. The van der Waals surface area contributed by atoms with E-state index in [0.717, 1.165) is 0 Å². The summed E-state index contributed by atoms with van der Waals surface area (Å²) in [7, 11) is -8.25. The highest BCUT2D eigenvalue weighted by Gasteiger charge is 2.97. The Morgan fingerprint density at radius 1 is 0.487 bits per heavy atom. The van der Waals surface area contributed by atoms with Crippen molar-refractivity contribution in [1.29, 1.82) is 0 Å². The van der Waals surface area contributed by atoms with Crippen LogP contribution in [-0.2, 0) is 10.1 Å². The summed E-state index contributed by atoms with van der Waals surface area (Å²) in [5, 5.41) is 10.1. The van der Waals surface area contributed by atoms with Gasteiger partial charge in [0.25, 0.3) is 0 Å². The Bertz CT molecular complexity index is 913. The van der Waals surface area contributed by atoms with Gasteiger partial charge >= 0.3 is 52.9 Å². The van der Waals surface area contributed by atoms with E-state index in [1.807, 2.05) is 5.32 Å². The highest BCUT2D eigenvalue weighted by Crippen LogP contribution is 2.65. The standard InChI is InChI=1S/C9HF19O3S.C4H11NO2/c10-1(11,2(12,13)4(16,17)6(20,21)8(24,25)26)3(14,15)5(18,19)7(22,23)9(27,28)32(29,30)31;6-3-1-5-2-4-7/h(H,29,30,31);5-7H,1-4H2. The fraction of sp³-hybridized carbons (Fsp3) is 1.00. The Balaban J connectivity index is 0. The summed E-state index contributed by atoms with van der Waals surface area (Å²) in [5.74, 6) is -62.3. The Morgan fingerprint density at radius 3 is 0.923 bits per heavy atom. The maximum Gasteiger partial charge on any atom is 0.460 e. The third kappa shape index (κ3) is 6.22. The minimum atomic E-state index is -9.17. The van der Waals surface area contributed by atoms with E-state index < -0.39 is 63.0 Å². The van der Waals surface area contributed by atoms with Crippen molar-refractivity contribution in [1.82, 2.24) is 0 Å². The summed E-state index contributed by atoms with van der Waals surface area (Å²) in [5.41, 5.74) is 0. The minimum absolute atomic E-state index is 0.194. The monoisotopic (exact) mass is 655 g/mol. The van der Waals surface area contributed by atoms with Crippen molar-refractivity contribution in [3.8, 4) is 0 Å². The number of rotatable bonds is 12. The van der Waals surface area contributed by atoms with Crippen molar-refractivity contribution in [3.63, 3.8) is 0 Å². The molecule has 0 heterocycles. The van der Waals surface area contributed by atoms with E-state index in [4.69, 9.17) is 10.2 Å². The third-order valence-corrected chi connectivity index (χ3v) is 4.95. The summed E-state index contributed by atoms with van der Waals surface area (Å²) < 4.78 is 272. The molecule has 0 radical (unpaired) electrons. The molecule has 0 amide bonds. The molecule has 0 saturated carbocycles. The summed E-state index contributed by atoms with van der Waals surface area (Å²) >= 11 is 0. The molecule has 4 N–H and O–H groups in total. The molecule has 0 bridgehead atoms. The largest absolute Gasteiger partial charge is 0.743 e. The minimum Gasteiger partial charge on any atom is -0.743 e. The van der Waals surface area contributed by atoms with Crippen LogP contribution in [0.5, 0.6) is 0 Å². The lowest BCUT2D eigenvalue weighted by atomic mass is 9.89. The zero-order valence-corrected chi connectivity index (χ0v) is 18.4. The van der Waals surface area contributed by atoms with Crippen LogP contribution in [0.4, 0.5) is 83.4 Å². The van der Waals surface area contributed by atoms with E-state index in [9.17, 15) is 96.4 Å². The Labute approximate surface area is 202 Å². The zero-order valence-electron chi connectivity index (χ0n) is 17.6. The molecule has 0 aliphatic carbocycles. The molecule has 0 rings (SSSR count). The number of halogens is 19. The molecule has 26 heteroatoms. The first-order valence-corrected chi connectivity index (χ1v) is 10.2. The predicted molar refractivity (Wildman–Crippen MR) is 81.2 cm³/mol. The van der Waals surface area contributed by atoms with Crippen LogP contribution in [0.1, 0.15) is 0 Å². The first kappa shape index (κ1) is 39.6. The van der Waals surface area contributed by atoms with Gasteiger partial charge < -0.3 is 20.1 Å². The SMILES string of the molecule is O=S(=O)([O-])C(F)(F)C(F)(F)C(F)(F)C(F)(F)C(F)(F)C(F)(F)C(F)(F)C(F)(F)C(F)(F)F.OCC[NH2+]CCO. The number of quaternary nitrogens is 1. The van der Waals surface area contributed by atoms with Crippen molar-refractivity contribution < 1.29 is 112 Å².